The van der Waals surface area contributed by atoms with Gasteiger partial charge in [0.25, 0.3) is 5.56 Å². The van der Waals surface area contributed by atoms with E-state index in [2.05, 4.69) is 17.2 Å². The molecule has 0 radical (unpaired) electrons. The second kappa shape index (κ2) is 13.0. The number of unbranched alkanes of at least 4 members (excludes halogenated alkanes) is 2. The fraction of sp³-hybridized carbons (Fsp3) is 0.643. The molecule has 1 atom stereocenters. The topological polar surface area (TPSA) is 114 Å². The molecule has 0 saturated heterocycles. The number of amides is 2. The zero-order valence-electron chi connectivity index (χ0n) is 21.9. The molecule has 0 spiro atoms. The molecule has 2 aliphatic rings. The summed E-state index contributed by atoms with van der Waals surface area (Å²) in [5.41, 5.74) is 0.260. The molecule has 4 rings (SSSR count). The van der Waals surface area contributed by atoms with Gasteiger partial charge in [0.05, 0.1) is 24.1 Å². The number of nitrogens with zero attached hydrogens (tertiary/aromatic N) is 3. The average Bonchev–Trinajstić information content (AvgIpc) is 3.29. The van der Waals surface area contributed by atoms with Gasteiger partial charge in [0, 0.05) is 19.0 Å². The molecule has 9 nitrogen and oxygen atoms in total. The Morgan fingerprint density at radius 2 is 2.03 bits per heavy atom. The van der Waals surface area contributed by atoms with Crippen molar-refractivity contribution in [1.29, 1.82) is 0 Å². The highest BCUT2D eigenvalue weighted by Gasteiger charge is 2.30. The van der Waals surface area contributed by atoms with Gasteiger partial charge in [0.15, 0.2) is 0 Å². The summed E-state index contributed by atoms with van der Waals surface area (Å²) in [5, 5.41) is 12.7. The second-order valence-electron chi connectivity index (χ2n) is 10.3. The summed E-state index contributed by atoms with van der Waals surface area (Å²) >= 11 is 0. The zero-order chi connectivity index (χ0) is 26.2. The van der Waals surface area contributed by atoms with Crippen molar-refractivity contribution >= 4 is 28.7 Å². The lowest BCUT2D eigenvalue weighted by Crippen LogP contribution is -2.46. The predicted molar refractivity (Wildman–Crippen MR) is 143 cm³/mol. The zero-order valence-corrected chi connectivity index (χ0v) is 21.9. The van der Waals surface area contributed by atoms with E-state index in [-0.39, 0.29) is 42.5 Å². The highest BCUT2D eigenvalue weighted by Crippen LogP contribution is 2.31. The van der Waals surface area contributed by atoms with E-state index in [1.165, 1.54) is 36.7 Å². The Kier molecular flexibility index (Phi) is 9.55. The maximum Gasteiger partial charge on any atom is 0.263 e. The molecule has 2 aromatic rings. The van der Waals surface area contributed by atoms with Gasteiger partial charge in [0.1, 0.15) is 12.3 Å². The number of carbonyl (C=O) groups excluding carboxylic acids is 2. The number of rotatable bonds is 13. The fourth-order valence-electron chi connectivity index (χ4n) is 5.77. The van der Waals surface area contributed by atoms with Crippen molar-refractivity contribution in [1.82, 2.24) is 14.5 Å². The molecule has 1 aliphatic carbocycles. The Bertz CT molecular complexity index is 1140. The van der Waals surface area contributed by atoms with Crippen molar-refractivity contribution in [3.05, 3.63) is 28.6 Å². The molecule has 202 valence electrons. The Morgan fingerprint density at radius 1 is 1.22 bits per heavy atom. The third-order valence-electron chi connectivity index (χ3n) is 7.62. The van der Waals surface area contributed by atoms with Crippen LogP contribution in [0.5, 0.6) is 5.75 Å². The molecule has 1 fully saturated rings. The molecule has 2 N–H and O–H groups in total. The number of hydrogen-bond acceptors (Lipinski definition) is 6. The molecule has 1 saturated carbocycles. The first-order chi connectivity index (χ1) is 18.0. The molecule has 9 heteroatoms. The summed E-state index contributed by atoms with van der Waals surface area (Å²) in [4.78, 5) is 43.8. The summed E-state index contributed by atoms with van der Waals surface area (Å²) in [7, 11) is 0. The predicted octanol–water partition coefficient (Wildman–Crippen LogP) is 3.86. The van der Waals surface area contributed by atoms with Gasteiger partial charge in [-0.1, -0.05) is 32.6 Å². The van der Waals surface area contributed by atoms with E-state index in [0.29, 0.717) is 42.1 Å². The van der Waals surface area contributed by atoms with E-state index in [0.717, 1.165) is 32.1 Å². The van der Waals surface area contributed by atoms with E-state index >= 15 is 0 Å². The van der Waals surface area contributed by atoms with Crippen LogP contribution in [0.4, 0.5) is 5.95 Å². The van der Waals surface area contributed by atoms with Crippen molar-refractivity contribution in [3.63, 3.8) is 0 Å². The van der Waals surface area contributed by atoms with Crippen LogP contribution in [0.1, 0.15) is 77.6 Å². The Balaban J connectivity index is 1.25. The van der Waals surface area contributed by atoms with Gasteiger partial charge in [-0.15, -0.1) is 0 Å². The minimum absolute atomic E-state index is 0.00694. The van der Waals surface area contributed by atoms with Crippen LogP contribution in [0.15, 0.2) is 23.0 Å². The Morgan fingerprint density at radius 3 is 2.78 bits per heavy atom. The molecule has 1 unspecified atom stereocenters. The monoisotopic (exact) mass is 512 g/mol. The lowest BCUT2D eigenvalue weighted by atomic mass is 9.81. The first-order valence-corrected chi connectivity index (χ1v) is 13.9. The Hall–Kier alpha value is -2.94. The first kappa shape index (κ1) is 27.1. The summed E-state index contributed by atoms with van der Waals surface area (Å²) in [6.07, 6.45) is 11.1. The molecule has 0 bridgehead atoms. The summed E-state index contributed by atoms with van der Waals surface area (Å²) < 4.78 is 7.20. The second-order valence-corrected chi connectivity index (χ2v) is 10.3. The number of hydrogen-bond donors (Lipinski definition) is 2. The van der Waals surface area contributed by atoms with Crippen molar-refractivity contribution < 1.29 is 19.4 Å². The quantitative estimate of drug-likeness (QED) is 0.394. The van der Waals surface area contributed by atoms with E-state index in [9.17, 15) is 19.5 Å². The van der Waals surface area contributed by atoms with Gasteiger partial charge in [0.2, 0.25) is 17.8 Å². The maximum absolute atomic E-state index is 13.1. The first-order valence-electron chi connectivity index (χ1n) is 13.9. The van der Waals surface area contributed by atoms with Crippen LogP contribution in [0.2, 0.25) is 0 Å². The van der Waals surface area contributed by atoms with Crippen LogP contribution in [0.25, 0.3) is 10.9 Å². The molecule has 37 heavy (non-hydrogen) atoms. The summed E-state index contributed by atoms with van der Waals surface area (Å²) in [5.74, 6) is 1.33. The lowest BCUT2D eigenvalue weighted by Gasteiger charge is -2.39. The van der Waals surface area contributed by atoms with E-state index in [1.54, 1.807) is 18.2 Å². The number of carbonyl (C=O) groups is 2. The number of nitrogens with one attached hydrogen (secondary N) is 1. The van der Waals surface area contributed by atoms with Crippen molar-refractivity contribution in [3.8, 4) is 5.75 Å². The molecule has 1 aromatic heterocycles. The van der Waals surface area contributed by atoms with Gasteiger partial charge in [-0.3, -0.25) is 24.3 Å². The number of aliphatic hydroxyl groups excluding tert-OH is 1. The maximum atomic E-state index is 13.1. The number of aromatic nitrogens is 2. The number of benzene rings is 1. The lowest BCUT2D eigenvalue weighted by molar-refractivity contribution is -0.136. The van der Waals surface area contributed by atoms with Crippen LogP contribution in [0, 0.1) is 5.92 Å². The fourth-order valence-corrected chi connectivity index (χ4v) is 5.77. The third kappa shape index (κ3) is 6.69. The van der Waals surface area contributed by atoms with Gasteiger partial charge in [-0.2, -0.15) is 0 Å². The van der Waals surface area contributed by atoms with Gasteiger partial charge >= 0.3 is 0 Å². The molecule has 2 amide bonds. The Labute approximate surface area is 218 Å². The number of fused-ring (bicyclic) bond motifs is 2. The highest BCUT2D eigenvalue weighted by molar-refractivity contribution is 5.94. The summed E-state index contributed by atoms with van der Waals surface area (Å²) in [6, 6.07) is 5.42. The van der Waals surface area contributed by atoms with Crippen LogP contribution in [-0.2, 0) is 16.1 Å². The largest absolute Gasteiger partial charge is 0.494 e. The minimum atomic E-state index is -0.260. The van der Waals surface area contributed by atoms with Crippen LogP contribution >= 0.6 is 0 Å². The number of anilines is 1. The highest BCUT2D eigenvalue weighted by atomic mass is 16.5. The smallest absolute Gasteiger partial charge is 0.263 e. The van der Waals surface area contributed by atoms with Crippen molar-refractivity contribution in [2.24, 2.45) is 5.92 Å². The SMILES string of the molecule is CCCC(C1CCCCC1)N(CCO)C(=O)CCCCCOc1ccc2nc3n(c(=O)c2c1)CC(=O)N3. The number of ether oxygens (including phenoxy) is 1. The standard InChI is InChI=1S/C28H40N4O5/c1-2-9-24(20-10-5-3-6-11-20)31(15-16-33)26(35)12-7-4-8-17-37-21-13-14-23-22(18-21)27(36)32-19-25(34)30-28(32)29-23/h13-14,18,20,24,33H,2-12,15-17,19H2,1H3,(H,29,30,34). The summed E-state index contributed by atoms with van der Waals surface area (Å²) in [6.45, 7) is 3.07. The molecular weight excluding hydrogens is 472 g/mol. The average molecular weight is 513 g/mol. The minimum Gasteiger partial charge on any atom is -0.494 e. The van der Waals surface area contributed by atoms with Crippen LogP contribution in [0.3, 0.4) is 0 Å². The van der Waals surface area contributed by atoms with Crippen molar-refractivity contribution in [2.75, 3.05) is 25.1 Å². The van der Waals surface area contributed by atoms with E-state index in [4.69, 9.17) is 4.74 Å². The normalized spacial score (nSPS) is 16.4. The third-order valence-corrected chi connectivity index (χ3v) is 7.62. The van der Waals surface area contributed by atoms with Crippen LogP contribution < -0.4 is 15.6 Å². The molecular formula is C28H40N4O5. The molecule has 1 aliphatic heterocycles. The van der Waals surface area contributed by atoms with E-state index < -0.39 is 0 Å². The molecule has 1 aromatic carbocycles. The van der Waals surface area contributed by atoms with E-state index in [1.807, 2.05) is 4.90 Å². The van der Waals surface area contributed by atoms with Gasteiger partial charge in [-0.25, -0.2) is 4.98 Å². The van der Waals surface area contributed by atoms with Crippen molar-refractivity contribution in [2.45, 2.75) is 90.1 Å². The van der Waals surface area contributed by atoms with Gasteiger partial charge in [-0.05, 0) is 62.6 Å². The van der Waals surface area contributed by atoms with Gasteiger partial charge < -0.3 is 14.7 Å². The number of aliphatic hydroxyl groups is 1. The molecule has 2 heterocycles. The van der Waals surface area contributed by atoms with Crippen LogP contribution in [-0.4, -0.2) is 57.2 Å².